The van der Waals surface area contributed by atoms with E-state index in [2.05, 4.69) is 17.9 Å². The summed E-state index contributed by atoms with van der Waals surface area (Å²) in [6, 6.07) is 12.0. The number of nitrogens with zero attached hydrogens (tertiary/aromatic N) is 1. The minimum absolute atomic E-state index is 0.591. The zero-order valence-electron chi connectivity index (χ0n) is 11.4. The summed E-state index contributed by atoms with van der Waals surface area (Å²) < 4.78 is 5.79. The third-order valence-corrected chi connectivity index (χ3v) is 3.87. The molecular formula is C16H17ClN2O. The lowest BCUT2D eigenvalue weighted by atomic mass is 10.1. The number of para-hydroxylation sites is 2. The molecule has 0 fully saturated rings. The summed E-state index contributed by atoms with van der Waals surface area (Å²) in [5.41, 5.74) is 9.76. The van der Waals surface area contributed by atoms with Crippen LogP contribution in [0.3, 0.4) is 0 Å². The van der Waals surface area contributed by atoms with Gasteiger partial charge in [0.2, 0.25) is 0 Å². The Morgan fingerprint density at radius 2 is 2.00 bits per heavy atom. The summed E-state index contributed by atoms with van der Waals surface area (Å²) in [5.74, 6) is 0.914. The predicted octanol–water partition coefficient (Wildman–Crippen LogP) is 4.15. The van der Waals surface area contributed by atoms with Gasteiger partial charge in [-0.05, 0) is 43.2 Å². The molecule has 1 aliphatic rings. The van der Waals surface area contributed by atoms with Gasteiger partial charge in [0.05, 0.1) is 23.0 Å². The van der Waals surface area contributed by atoms with Gasteiger partial charge in [0, 0.05) is 12.2 Å². The second kappa shape index (κ2) is 5.25. The summed E-state index contributed by atoms with van der Waals surface area (Å²) in [6.45, 7) is 3.68. The Balaban J connectivity index is 2.12. The van der Waals surface area contributed by atoms with Crippen LogP contribution in [0.2, 0.25) is 5.02 Å². The van der Waals surface area contributed by atoms with Gasteiger partial charge in [-0.15, -0.1) is 0 Å². The molecule has 104 valence electrons. The van der Waals surface area contributed by atoms with Gasteiger partial charge in [-0.3, -0.25) is 0 Å². The molecule has 0 radical (unpaired) electrons. The number of nitrogen functional groups attached to an aromatic ring is 1. The summed E-state index contributed by atoms with van der Waals surface area (Å²) in [7, 11) is 0. The van der Waals surface area contributed by atoms with E-state index in [9.17, 15) is 0 Å². The van der Waals surface area contributed by atoms with Crippen molar-refractivity contribution in [3.63, 3.8) is 0 Å². The fourth-order valence-electron chi connectivity index (χ4n) is 2.56. The van der Waals surface area contributed by atoms with Crippen LogP contribution in [0, 0.1) is 6.92 Å². The lowest BCUT2D eigenvalue weighted by Crippen LogP contribution is -2.18. The molecule has 0 spiro atoms. The van der Waals surface area contributed by atoms with E-state index in [1.54, 1.807) is 0 Å². The van der Waals surface area contributed by atoms with E-state index in [1.807, 2.05) is 30.3 Å². The maximum absolute atomic E-state index is 6.19. The average molecular weight is 289 g/mol. The van der Waals surface area contributed by atoms with Crippen molar-refractivity contribution in [1.82, 2.24) is 0 Å². The fourth-order valence-corrected chi connectivity index (χ4v) is 2.72. The summed E-state index contributed by atoms with van der Waals surface area (Å²) in [4.78, 5) is 2.25. The number of hydrogen-bond donors (Lipinski definition) is 1. The molecule has 3 nitrogen and oxygen atoms in total. The molecule has 3 rings (SSSR count). The van der Waals surface area contributed by atoms with Crippen LogP contribution in [-0.2, 0) is 0 Å². The molecule has 0 saturated carbocycles. The van der Waals surface area contributed by atoms with Crippen LogP contribution < -0.4 is 15.4 Å². The average Bonchev–Trinajstić information content (AvgIpc) is 2.65. The van der Waals surface area contributed by atoms with E-state index in [1.165, 1.54) is 0 Å². The monoisotopic (exact) mass is 288 g/mol. The van der Waals surface area contributed by atoms with Crippen molar-refractivity contribution in [3.8, 4) is 5.75 Å². The molecule has 2 aromatic rings. The number of halogens is 1. The number of rotatable bonds is 1. The van der Waals surface area contributed by atoms with E-state index in [0.29, 0.717) is 10.7 Å². The smallest absolute Gasteiger partial charge is 0.142 e. The van der Waals surface area contributed by atoms with Gasteiger partial charge in [0.25, 0.3) is 0 Å². The van der Waals surface area contributed by atoms with Crippen LogP contribution in [0.25, 0.3) is 0 Å². The molecule has 4 heteroatoms. The second-order valence-corrected chi connectivity index (χ2v) is 5.39. The molecular weight excluding hydrogens is 272 g/mol. The number of hydrogen-bond acceptors (Lipinski definition) is 3. The molecule has 2 N–H and O–H groups in total. The number of ether oxygens (including phenoxy) is 1. The first-order chi connectivity index (χ1) is 9.66. The van der Waals surface area contributed by atoms with E-state index >= 15 is 0 Å². The van der Waals surface area contributed by atoms with Crippen molar-refractivity contribution in [2.24, 2.45) is 0 Å². The van der Waals surface area contributed by atoms with Gasteiger partial charge in [-0.2, -0.15) is 0 Å². The molecule has 1 aliphatic heterocycles. The first-order valence-corrected chi connectivity index (χ1v) is 7.09. The Morgan fingerprint density at radius 1 is 1.20 bits per heavy atom. The highest BCUT2D eigenvalue weighted by molar-refractivity contribution is 6.33. The summed E-state index contributed by atoms with van der Waals surface area (Å²) >= 11 is 6.19. The molecule has 20 heavy (non-hydrogen) atoms. The topological polar surface area (TPSA) is 38.5 Å². The Labute approximate surface area is 123 Å². The Kier molecular flexibility index (Phi) is 3.45. The lowest BCUT2D eigenvalue weighted by Gasteiger charge is -2.26. The lowest BCUT2D eigenvalue weighted by molar-refractivity contribution is 0.322. The fraction of sp³-hybridized carbons (Fsp3) is 0.250. The molecule has 0 bridgehead atoms. The molecule has 0 amide bonds. The van der Waals surface area contributed by atoms with Gasteiger partial charge in [-0.25, -0.2) is 0 Å². The van der Waals surface area contributed by atoms with Crippen molar-refractivity contribution in [2.45, 2.75) is 13.3 Å². The van der Waals surface area contributed by atoms with Gasteiger partial charge in [0.1, 0.15) is 5.75 Å². The number of fused-ring (bicyclic) bond motifs is 1. The Bertz CT molecular complexity index is 642. The molecule has 1 heterocycles. The maximum atomic E-state index is 6.19. The van der Waals surface area contributed by atoms with Crippen LogP contribution in [0.4, 0.5) is 17.1 Å². The van der Waals surface area contributed by atoms with Crippen LogP contribution in [0.15, 0.2) is 36.4 Å². The van der Waals surface area contributed by atoms with Crippen LogP contribution in [0.5, 0.6) is 5.75 Å². The largest absolute Gasteiger partial charge is 0.491 e. The summed E-state index contributed by atoms with van der Waals surface area (Å²) in [6.07, 6.45) is 0.968. The first-order valence-electron chi connectivity index (χ1n) is 6.72. The van der Waals surface area contributed by atoms with Crippen LogP contribution in [0.1, 0.15) is 12.0 Å². The Morgan fingerprint density at radius 3 is 2.85 bits per heavy atom. The van der Waals surface area contributed by atoms with Crippen molar-refractivity contribution in [2.75, 3.05) is 23.8 Å². The first kappa shape index (κ1) is 13.1. The molecule has 0 aromatic heterocycles. The molecule has 0 saturated heterocycles. The molecule has 2 aromatic carbocycles. The van der Waals surface area contributed by atoms with Crippen molar-refractivity contribution in [1.29, 1.82) is 0 Å². The van der Waals surface area contributed by atoms with E-state index < -0.39 is 0 Å². The number of aryl methyl sites for hydroxylation is 1. The van der Waals surface area contributed by atoms with Crippen molar-refractivity contribution in [3.05, 3.63) is 47.0 Å². The van der Waals surface area contributed by atoms with E-state index in [4.69, 9.17) is 22.1 Å². The van der Waals surface area contributed by atoms with Gasteiger partial charge < -0.3 is 15.4 Å². The quantitative estimate of drug-likeness (QED) is 0.801. The number of nitrogens with two attached hydrogens (primary N) is 1. The minimum atomic E-state index is 0.591. The Hall–Kier alpha value is -1.87. The van der Waals surface area contributed by atoms with Crippen LogP contribution >= 0.6 is 11.6 Å². The highest BCUT2D eigenvalue weighted by Crippen LogP contribution is 2.39. The standard InChI is InChI=1S/C16H17ClN2O/c1-11-9-13(18)12(17)10-15(11)19-7-4-8-20-16-6-3-2-5-14(16)19/h2-3,5-6,9-10H,4,7-8,18H2,1H3. The number of benzene rings is 2. The normalized spacial score (nSPS) is 14.4. The number of anilines is 3. The highest BCUT2D eigenvalue weighted by Gasteiger charge is 2.19. The van der Waals surface area contributed by atoms with Crippen molar-refractivity contribution < 1.29 is 4.74 Å². The molecule has 0 unspecified atom stereocenters. The third kappa shape index (κ3) is 2.29. The molecule has 0 atom stereocenters. The molecule has 0 aliphatic carbocycles. The summed E-state index contributed by atoms with van der Waals surface area (Å²) in [5, 5.41) is 0.591. The van der Waals surface area contributed by atoms with E-state index in [0.717, 1.165) is 42.3 Å². The second-order valence-electron chi connectivity index (χ2n) is 4.98. The SMILES string of the molecule is Cc1cc(N)c(Cl)cc1N1CCCOc2ccccc21. The van der Waals surface area contributed by atoms with Crippen LogP contribution in [-0.4, -0.2) is 13.2 Å². The predicted molar refractivity (Wildman–Crippen MR) is 84.2 cm³/mol. The third-order valence-electron chi connectivity index (χ3n) is 3.55. The van der Waals surface area contributed by atoms with Gasteiger partial charge >= 0.3 is 0 Å². The van der Waals surface area contributed by atoms with Gasteiger partial charge in [0.15, 0.2) is 0 Å². The highest BCUT2D eigenvalue weighted by atomic mass is 35.5. The zero-order chi connectivity index (χ0) is 14.1. The van der Waals surface area contributed by atoms with E-state index in [-0.39, 0.29) is 0 Å². The minimum Gasteiger partial charge on any atom is -0.491 e. The van der Waals surface area contributed by atoms with Crippen molar-refractivity contribution >= 4 is 28.7 Å². The zero-order valence-corrected chi connectivity index (χ0v) is 12.2. The maximum Gasteiger partial charge on any atom is 0.142 e. The van der Waals surface area contributed by atoms with Gasteiger partial charge in [-0.1, -0.05) is 23.7 Å².